The molecule has 4 fully saturated rings. The molecule has 4 heteroatoms. The van der Waals surface area contributed by atoms with Gasteiger partial charge in [0.1, 0.15) is 5.75 Å². The normalized spacial score (nSPS) is 32.4. The summed E-state index contributed by atoms with van der Waals surface area (Å²) in [4.78, 5) is 6.28. The monoisotopic (exact) mass is 364 g/mol. The first-order valence-corrected chi connectivity index (χ1v) is 10.7. The molecule has 0 N–H and O–H groups in total. The number of imidazole rings is 1. The van der Waals surface area contributed by atoms with Crippen LogP contribution in [-0.2, 0) is 5.41 Å². The van der Waals surface area contributed by atoms with Gasteiger partial charge in [-0.25, -0.2) is 4.98 Å². The summed E-state index contributed by atoms with van der Waals surface area (Å²) >= 11 is 1.76. The van der Waals surface area contributed by atoms with E-state index in [4.69, 9.17) is 9.72 Å². The lowest BCUT2D eigenvalue weighted by molar-refractivity contribution is -0.00696. The minimum absolute atomic E-state index is 0.373. The van der Waals surface area contributed by atoms with Crippen molar-refractivity contribution >= 4 is 16.3 Å². The summed E-state index contributed by atoms with van der Waals surface area (Å²) in [5.74, 6) is 3.78. The van der Waals surface area contributed by atoms with Crippen LogP contribution in [0.2, 0.25) is 0 Å². The van der Waals surface area contributed by atoms with E-state index in [0.29, 0.717) is 5.41 Å². The fraction of sp³-hybridized carbons (Fsp3) is 0.500. The molecule has 1 aromatic carbocycles. The van der Waals surface area contributed by atoms with E-state index in [0.717, 1.165) is 28.5 Å². The predicted octanol–water partition coefficient (Wildman–Crippen LogP) is 5.54. The number of benzene rings is 1. The third-order valence-corrected chi connectivity index (χ3v) is 8.02. The minimum atomic E-state index is 0.373. The Morgan fingerprint density at radius 1 is 1.04 bits per heavy atom. The van der Waals surface area contributed by atoms with E-state index < -0.39 is 0 Å². The van der Waals surface area contributed by atoms with Gasteiger partial charge in [-0.05, 0) is 86.1 Å². The lowest BCUT2D eigenvalue weighted by Gasteiger charge is -2.56. The molecule has 0 radical (unpaired) electrons. The molecule has 134 valence electrons. The molecule has 4 aliphatic rings. The second-order valence-corrected chi connectivity index (χ2v) is 9.66. The fourth-order valence-corrected chi connectivity index (χ4v) is 7.32. The Kier molecular flexibility index (Phi) is 3.14. The molecule has 0 atom stereocenters. The van der Waals surface area contributed by atoms with E-state index >= 15 is 0 Å². The van der Waals surface area contributed by atoms with Gasteiger partial charge in [-0.3, -0.25) is 4.40 Å². The summed E-state index contributed by atoms with van der Waals surface area (Å²) < 4.78 is 7.62. The Morgan fingerprint density at radius 3 is 2.31 bits per heavy atom. The average molecular weight is 365 g/mol. The third kappa shape index (κ3) is 2.14. The molecule has 0 saturated heterocycles. The van der Waals surface area contributed by atoms with Crippen molar-refractivity contribution in [1.29, 1.82) is 0 Å². The summed E-state index contributed by atoms with van der Waals surface area (Å²) in [5, 5.41) is 2.23. The highest BCUT2D eigenvalue weighted by atomic mass is 32.1. The molecule has 7 rings (SSSR count). The van der Waals surface area contributed by atoms with E-state index in [1.54, 1.807) is 18.4 Å². The van der Waals surface area contributed by atoms with E-state index in [9.17, 15) is 0 Å². The molecule has 0 unspecified atom stereocenters. The second-order valence-electron chi connectivity index (χ2n) is 8.83. The summed E-state index contributed by atoms with van der Waals surface area (Å²) in [6.07, 6.45) is 10.9. The quantitative estimate of drug-likeness (QED) is 0.610. The van der Waals surface area contributed by atoms with Crippen LogP contribution in [0.1, 0.15) is 44.2 Å². The maximum absolute atomic E-state index is 5.30. The van der Waals surface area contributed by atoms with E-state index in [1.807, 2.05) is 12.1 Å². The van der Waals surface area contributed by atoms with Crippen LogP contribution in [-0.4, -0.2) is 16.5 Å². The standard InChI is InChI=1S/C22H24N2OS/c1-25-18-4-2-17(3-5-18)19-13-26-21-23-20(12-24(19)21)22-9-14-6-15(10-22)8-16(7-14)11-22/h2-5,12-16H,6-11H2,1H3. The first-order chi connectivity index (χ1) is 12.7. The smallest absolute Gasteiger partial charge is 0.194 e. The Bertz CT molecular complexity index is 933. The summed E-state index contributed by atoms with van der Waals surface area (Å²) in [6, 6.07) is 8.36. The van der Waals surface area contributed by atoms with Gasteiger partial charge in [0.25, 0.3) is 0 Å². The topological polar surface area (TPSA) is 26.5 Å². The van der Waals surface area contributed by atoms with Crippen LogP contribution in [0.5, 0.6) is 5.75 Å². The number of ether oxygens (including phenoxy) is 1. The average Bonchev–Trinajstić information content (AvgIpc) is 3.22. The number of hydrogen-bond donors (Lipinski definition) is 0. The van der Waals surface area contributed by atoms with E-state index in [-0.39, 0.29) is 0 Å². The van der Waals surface area contributed by atoms with Crippen LogP contribution >= 0.6 is 11.3 Å². The molecule has 0 aliphatic heterocycles. The number of thiazole rings is 1. The number of nitrogens with zero attached hydrogens (tertiary/aromatic N) is 2. The van der Waals surface area contributed by atoms with Crippen LogP contribution in [0.25, 0.3) is 16.2 Å². The predicted molar refractivity (Wildman–Crippen MR) is 105 cm³/mol. The molecule has 4 bridgehead atoms. The SMILES string of the molecule is COc1ccc(-c2csc3nc(C45CC6CC(CC(C6)C4)C5)cn23)cc1. The van der Waals surface area contributed by atoms with Gasteiger partial charge in [0.05, 0.1) is 18.5 Å². The molecular weight excluding hydrogens is 340 g/mol. The lowest BCUT2D eigenvalue weighted by Crippen LogP contribution is -2.48. The Hall–Kier alpha value is -1.81. The first kappa shape index (κ1) is 15.3. The zero-order chi connectivity index (χ0) is 17.3. The molecule has 26 heavy (non-hydrogen) atoms. The highest BCUT2D eigenvalue weighted by Gasteiger charge is 2.52. The Balaban J connectivity index is 1.42. The molecule has 0 amide bonds. The van der Waals surface area contributed by atoms with E-state index in [2.05, 4.69) is 28.1 Å². The third-order valence-electron chi connectivity index (χ3n) is 7.18. The molecule has 2 aromatic heterocycles. The van der Waals surface area contributed by atoms with Crippen LogP contribution in [0.4, 0.5) is 0 Å². The zero-order valence-electron chi connectivity index (χ0n) is 15.1. The van der Waals surface area contributed by atoms with Crippen molar-refractivity contribution < 1.29 is 4.74 Å². The summed E-state index contributed by atoms with van der Waals surface area (Å²) in [5.41, 5.74) is 4.22. The van der Waals surface area contributed by atoms with Crippen molar-refractivity contribution in [2.24, 2.45) is 17.8 Å². The summed E-state index contributed by atoms with van der Waals surface area (Å²) in [6.45, 7) is 0. The van der Waals surface area contributed by atoms with Gasteiger partial charge in [0.15, 0.2) is 4.96 Å². The van der Waals surface area contributed by atoms with Crippen molar-refractivity contribution in [3.63, 3.8) is 0 Å². The van der Waals surface area contributed by atoms with Gasteiger partial charge in [-0.1, -0.05) is 0 Å². The van der Waals surface area contributed by atoms with Gasteiger partial charge in [-0.2, -0.15) is 0 Å². The first-order valence-electron chi connectivity index (χ1n) is 9.84. The fourth-order valence-electron chi connectivity index (χ4n) is 6.43. The van der Waals surface area contributed by atoms with Crippen molar-refractivity contribution in [2.75, 3.05) is 7.11 Å². The Morgan fingerprint density at radius 2 is 1.69 bits per heavy atom. The van der Waals surface area contributed by atoms with E-state index in [1.165, 1.54) is 55.5 Å². The highest BCUT2D eigenvalue weighted by Crippen LogP contribution is 2.60. The number of fused-ring (bicyclic) bond motifs is 1. The van der Waals surface area contributed by atoms with Crippen molar-refractivity contribution in [1.82, 2.24) is 9.38 Å². The van der Waals surface area contributed by atoms with Crippen LogP contribution < -0.4 is 4.74 Å². The van der Waals surface area contributed by atoms with Crippen molar-refractivity contribution in [2.45, 2.75) is 43.9 Å². The Labute approximate surface area is 158 Å². The lowest BCUT2D eigenvalue weighted by atomic mass is 9.49. The van der Waals surface area contributed by atoms with Gasteiger partial charge in [-0.15, -0.1) is 11.3 Å². The van der Waals surface area contributed by atoms with Gasteiger partial charge in [0.2, 0.25) is 0 Å². The van der Waals surface area contributed by atoms with Crippen molar-refractivity contribution in [3.05, 3.63) is 41.5 Å². The van der Waals surface area contributed by atoms with Gasteiger partial charge >= 0.3 is 0 Å². The number of aromatic nitrogens is 2. The van der Waals surface area contributed by atoms with Crippen molar-refractivity contribution in [3.8, 4) is 17.0 Å². The summed E-state index contributed by atoms with van der Waals surface area (Å²) in [7, 11) is 1.71. The minimum Gasteiger partial charge on any atom is -0.497 e. The number of hydrogen-bond acceptors (Lipinski definition) is 3. The molecule has 3 aromatic rings. The highest BCUT2D eigenvalue weighted by molar-refractivity contribution is 7.15. The molecular formula is C22H24N2OS. The van der Waals surface area contributed by atoms with Crippen LogP contribution in [0.3, 0.4) is 0 Å². The maximum Gasteiger partial charge on any atom is 0.194 e. The zero-order valence-corrected chi connectivity index (χ0v) is 16.0. The van der Waals surface area contributed by atoms with Crippen LogP contribution in [0, 0.1) is 17.8 Å². The molecule has 0 spiro atoms. The molecule has 3 nitrogen and oxygen atoms in total. The van der Waals surface area contributed by atoms with Gasteiger partial charge in [0, 0.05) is 17.0 Å². The van der Waals surface area contributed by atoms with Crippen LogP contribution in [0.15, 0.2) is 35.8 Å². The number of methoxy groups -OCH3 is 1. The number of rotatable bonds is 3. The maximum atomic E-state index is 5.30. The largest absolute Gasteiger partial charge is 0.497 e. The van der Waals surface area contributed by atoms with Gasteiger partial charge < -0.3 is 4.74 Å². The molecule has 4 aliphatic carbocycles. The second kappa shape index (κ2) is 5.35. The molecule has 4 saturated carbocycles. The molecule has 2 heterocycles.